The predicted octanol–water partition coefficient (Wildman–Crippen LogP) is 2.69. The van der Waals surface area contributed by atoms with Crippen LogP contribution in [-0.4, -0.2) is 37.0 Å². The molecule has 0 aliphatic rings. The lowest BCUT2D eigenvalue weighted by atomic mass is 10.2. The second-order valence-electron chi connectivity index (χ2n) is 5.28. The monoisotopic (exact) mass is 298 g/mol. The SMILES string of the molecule is CC(C)NCc1cc(Cl)ccc1OC(C)C(=O)N(C)C. The Bertz CT molecular complexity index is 461. The van der Waals surface area contributed by atoms with Crippen LogP contribution in [0, 0.1) is 0 Å². The number of ether oxygens (including phenoxy) is 1. The maximum atomic E-state index is 11.9. The van der Waals surface area contributed by atoms with Gasteiger partial charge in [0, 0.05) is 37.3 Å². The van der Waals surface area contributed by atoms with Crippen LogP contribution in [0.25, 0.3) is 0 Å². The molecule has 1 amide bonds. The van der Waals surface area contributed by atoms with Gasteiger partial charge in [-0.25, -0.2) is 0 Å². The molecule has 1 aromatic carbocycles. The molecule has 0 saturated heterocycles. The number of rotatable bonds is 6. The standard InChI is InChI=1S/C15H23ClN2O2/c1-10(2)17-9-12-8-13(16)6-7-14(12)20-11(3)15(19)18(4)5/h6-8,10-11,17H,9H2,1-5H3. The molecule has 0 fully saturated rings. The van der Waals surface area contributed by atoms with Crippen LogP contribution in [0.3, 0.4) is 0 Å². The molecule has 0 aliphatic heterocycles. The van der Waals surface area contributed by atoms with Crippen molar-refractivity contribution in [2.75, 3.05) is 14.1 Å². The number of hydrogen-bond donors (Lipinski definition) is 1. The molecule has 0 radical (unpaired) electrons. The Kier molecular flexibility index (Phi) is 6.30. The molecule has 0 bridgehead atoms. The molecule has 0 spiro atoms. The maximum absolute atomic E-state index is 11.9. The second kappa shape index (κ2) is 7.50. The average molecular weight is 299 g/mol. The number of hydrogen-bond acceptors (Lipinski definition) is 3. The van der Waals surface area contributed by atoms with Gasteiger partial charge < -0.3 is 15.0 Å². The summed E-state index contributed by atoms with van der Waals surface area (Å²) in [6, 6.07) is 5.79. The lowest BCUT2D eigenvalue weighted by Crippen LogP contribution is -2.35. The second-order valence-corrected chi connectivity index (χ2v) is 5.72. The predicted molar refractivity (Wildman–Crippen MR) is 82.2 cm³/mol. The summed E-state index contributed by atoms with van der Waals surface area (Å²) < 4.78 is 5.77. The minimum atomic E-state index is -0.524. The van der Waals surface area contributed by atoms with Gasteiger partial charge in [0.05, 0.1) is 0 Å². The van der Waals surface area contributed by atoms with Crippen LogP contribution < -0.4 is 10.1 Å². The lowest BCUT2D eigenvalue weighted by Gasteiger charge is -2.20. The lowest BCUT2D eigenvalue weighted by molar-refractivity contribution is -0.135. The fraction of sp³-hybridized carbons (Fsp3) is 0.533. The summed E-state index contributed by atoms with van der Waals surface area (Å²) in [5, 5.41) is 3.98. The molecular weight excluding hydrogens is 276 g/mol. The average Bonchev–Trinajstić information content (AvgIpc) is 2.37. The smallest absolute Gasteiger partial charge is 0.262 e. The van der Waals surface area contributed by atoms with E-state index in [9.17, 15) is 4.79 Å². The van der Waals surface area contributed by atoms with E-state index in [0.29, 0.717) is 23.4 Å². The zero-order chi connectivity index (χ0) is 15.3. The van der Waals surface area contributed by atoms with Crippen molar-refractivity contribution in [2.24, 2.45) is 0 Å². The van der Waals surface area contributed by atoms with Crippen molar-refractivity contribution in [3.8, 4) is 5.75 Å². The molecule has 5 heteroatoms. The van der Waals surface area contributed by atoms with Crippen molar-refractivity contribution in [1.82, 2.24) is 10.2 Å². The van der Waals surface area contributed by atoms with Gasteiger partial charge in [0.25, 0.3) is 5.91 Å². The van der Waals surface area contributed by atoms with Crippen molar-refractivity contribution >= 4 is 17.5 Å². The van der Waals surface area contributed by atoms with E-state index in [-0.39, 0.29) is 5.91 Å². The van der Waals surface area contributed by atoms with E-state index in [4.69, 9.17) is 16.3 Å². The van der Waals surface area contributed by atoms with Gasteiger partial charge >= 0.3 is 0 Å². The van der Waals surface area contributed by atoms with Crippen LogP contribution in [-0.2, 0) is 11.3 Å². The van der Waals surface area contributed by atoms with Crippen molar-refractivity contribution in [3.63, 3.8) is 0 Å². The molecule has 1 aromatic rings. The van der Waals surface area contributed by atoms with E-state index in [1.165, 1.54) is 4.90 Å². The molecule has 1 N–H and O–H groups in total. The molecule has 0 saturated carbocycles. The molecule has 0 aliphatic carbocycles. The quantitative estimate of drug-likeness (QED) is 0.878. The molecule has 0 heterocycles. The highest BCUT2D eigenvalue weighted by molar-refractivity contribution is 6.30. The number of halogens is 1. The number of carbonyl (C=O) groups is 1. The topological polar surface area (TPSA) is 41.6 Å². The van der Waals surface area contributed by atoms with Gasteiger partial charge in [-0.05, 0) is 25.1 Å². The maximum Gasteiger partial charge on any atom is 0.262 e. The van der Waals surface area contributed by atoms with Crippen LogP contribution in [0.4, 0.5) is 0 Å². The third-order valence-electron chi connectivity index (χ3n) is 2.82. The fourth-order valence-corrected chi connectivity index (χ4v) is 1.91. The van der Waals surface area contributed by atoms with Gasteiger partial charge in [0.1, 0.15) is 5.75 Å². The first-order valence-corrected chi connectivity index (χ1v) is 7.08. The number of benzene rings is 1. The molecule has 20 heavy (non-hydrogen) atoms. The summed E-state index contributed by atoms with van der Waals surface area (Å²) in [6.07, 6.45) is -0.524. The van der Waals surface area contributed by atoms with Crippen LogP contribution in [0.5, 0.6) is 5.75 Å². The first-order chi connectivity index (χ1) is 9.31. The summed E-state index contributed by atoms with van der Waals surface area (Å²) in [4.78, 5) is 13.4. The van der Waals surface area contributed by atoms with Crippen molar-refractivity contribution < 1.29 is 9.53 Å². The summed E-state index contributed by atoms with van der Waals surface area (Å²) in [5.74, 6) is 0.618. The largest absolute Gasteiger partial charge is 0.481 e. The first-order valence-electron chi connectivity index (χ1n) is 6.71. The number of amides is 1. The summed E-state index contributed by atoms with van der Waals surface area (Å²) in [5.41, 5.74) is 0.949. The zero-order valence-corrected chi connectivity index (χ0v) is 13.5. The van der Waals surface area contributed by atoms with Gasteiger partial charge in [-0.3, -0.25) is 4.79 Å². The van der Waals surface area contributed by atoms with E-state index in [2.05, 4.69) is 19.2 Å². The minimum Gasteiger partial charge on any atom is -0.481 e. The molecule has 0 aromatic heterocycles. The Balaban J connectivity index is 2.85. The van der Waals surface area contributed by atoms with Crippen molar-refractivity contribution in [3.05, 3.63) is 28.8 Å². The van der Waals surface area contributed by atoms with Crippen LogP contribution in [0.1, 0.15) is 26.3 Å². The summed E-state index contributed by atoms with van der Waals surface area (Å²) >= 11 is 6.02. The van der Waals surface area contributed by atoms with Gasteiger partial charge in [-0.15, -0.1) is 0 Å². The van der Waals surface area contributed by atoms with Gasteiger partial charge in [-0.1, -0.05) is 25.4 Å². The highest BCUT2D eigenvalue weighted by atomic mass is 35.5. The minimum absolute atomic E-state index is 0.0669. The Labute approximate surface area is 126 Å². The fourth-order valence-electron chi connectivity index (χ4n) is 1.72. The van der Waals surface area contributed by atoms with Gasteiger partial charge in [0.2, 0.25) is 0 Å². The number of nitrogens with one attached hydrogen (secondary N) is 1. The Morgan fingerprint density at radius 3 is 2.55 bits per heavy atom. The Hall–Kier alpha value is -1.26. The van der Waals surface area contributed by atoms with E-state index in [1.54, 1.807) is 33.2 Å². The normalized spacial score (nSPS) is 12.3. The first kappa shape index (κ1) is 16.8. The Morgan fingerprint density at radius 2 is 2.00 bits per heavy atom. The van der Waals surface area contributed by atoms with E-state index in [0.717, 1.165) is 5.56 Å². The third kappa shape index (κ3) is 5.02. The zero-order valence-electron chi connectivity index (χ0n) is 12.7. The highest BCUT2D eigenvalue weighted by Crippen LogP contribution is 2.24. The van der Waals surface area contributed by atoms with E-state index in [1.807, 2.05) is 6.07 Å². The Morgan fingerprint density at radius 1 is 1.35 bits per heavy atom. The van der Waals surface area contributed by atoms with Crippen LogP contribution >= 0.6 is 11.6 Å². The van der Waals surface area contributed by atoms with Crippen LogP contribution in [0.15, 0.2) is 18.2 Å². The highest BCUT2D eigenvalue weighted by Gasteiger charge is 2.18. The molecule has 1 rings (SSSR count). The molecule has 1 atom stereocenters. The van der Waals surface area contributed by atoms with Gasteiger partial charge in [-0.2, -0.15) is 0 Å². The summed E-state index contributed by atoms with van der Waals surface area (Å²) in [7, 11) is 3.43. The van der Waals surface area contributed by atoms with E-state index >= 15 is 0 Å². The van der Waals surface area contributed by atoms with Gasteiger partial charge in [0.15, 0.2) is 6.10 Å². The molecule has 112 valence electrons. The van der Waals surface area contributed by atoms with Crippen molar-refractivity contribution in [2.45, 2.75) is 39.5 Å². The third-order valence-corrected chi connectivity index (χ3v) is 3.05. The van der Waals surface area contributed by atoms with Crippen molar-refractivity contribution in [1.29, 1.82) is 0 Å². The number of carbonyl (C=O) groups excluding carboxylic acids is 1. The number of nitrogens with zero attached hydrogens (tertiary/aromatic N) is 1. The number of likely N-dealkylation sites (N-methyl/N-ethyl adjacent to an activating group) is 1. The van der Waals surface area contributed by atoms with Crippen LogP contribution in [0.2, 0.25) is 5.02 Å². The molecule has 4 nitrogen and oxygen atoms in total. The summed E-state index contributed by atoms with van der Waals surface area (Å²) in [6.45, 7) is 6.54. The molecular formula is C15H23ClN2O2. The molecule has 1 unspecified atom stereocenters. The van der Waals surface area contributed by atoms with E-state index < -0.39 is 6.10 Å².